The Morgan fingerprint density at radius 2 is 2.36 bits per heavy atom. The van der Waals surface area contributed by atoms with Gasteiger partial charge in [0.25, 0.3) is 0 Å². The Labute approximate surface area is 83.4 Å². The molecule has 0 aliphatic heterocycles. The van der Waals surface area contributed by atoms with Crippen molar-refractivity contribution in [2.24, 2.45) is 7.05 Å². The van der Waals surface area contributed by atoms with Crippen LogP contribution in [0.25, 0.3) is 0 Å². The molecule has 0 radical (unpaired) electrons. The Morgan fingerprint density at radius 1 is 1.50 bits per heavy atom. The van der Waals surface area contributed by atoms with E-state index in [1.165, 1.54) is 11.1 Å². The summed E-state index contributed by atoms with van der Waals surface area (Å²) in [6, 6.07) is 0. The van der Waals surface area contributed by atoms with Crippen LogP contribution in [0.2, 0.25) is 0 Å². The summed E-state index contributed by atoms with van der Waals surface area (Å²) < 4.78 is 1.81. The number of hydrogen-bond acceptors (Lipinski definition) is 2. The summed E-state index contributed by atoms with van der Waals surface area (Å²) in [6.07, 6.45) is 9.18. The molecule has 1 aromatic rings. The van der Waals surface area contributed by atoms with Gasteiger partial charge in [0, 0.05) is 26.1 Å². The smallest absolute Gasteiger partial charge is 0.136 e. The molecule has 0 saturated carbocycles. The van der Waals surface area contributed by atoms with Crippen LogP contribution >= 0.6 is 0 Å². The second-order valence-electron chi connectivity index (χ2n) is 3.80. The van der Waals surface area contributed by atoms with E-state index in [-0.39, 0.29) is 0 Å². The predicted octanol–water partition coefficient (Wildman–Crippen LogP) is 1.64. The van der Waals surface area contributed by atoms with Crippen LogP contribution in [0.1, 0.15) is 24.8 Å². The maximum absolute atomic E-state index is 11.0. The number of rotatable bonds is 2. The molecule has 0 aromatic carbocycles. The first-order valence-electron chi connectivity index (χ1n) is 4.91. The molecular weight excluding hydrogens is 176 g/mol. The Balaban J connectivity index is 2.01. The Bertz CT molecular complexity index is 376. The third kappa shape index (κ3) is 2.10. The standard InChI is InChI=1S/C11H14N2O/c1-13-8-10(7-12-13)6-9-2-4-11(14)5-3-9/h2,7-8H,3-6H2,1H3. The van der Waals surface area contributed by atoms with Crippen molar-refractivity contribution in [3.8, 4) is 0 Å². The van der Waals surface area contributed by atoms with Gasteiger partial charge in [-0.3, -0.25) is 9.48 Å². The highest BCUT2D eigenvalue weighted by atomic mass is 16.1. The number of Topliss-reactive ketones (excluding diaryl/α,β-unsaturated/α-hetero) is 1. The van der Waals surface area contributed by atoms with Crippen LogP contribution in [0.4, 0.5) is 0 Å². The minimum Gasteiger partial charge on any atom is -0.299 e. The molecule has 0 spiro atoms. The van der Waals surface area contributed by atoms with Crippen molar-refractivity contribution >= 4 is 5.78 Å². The minimum absolute atomic E-state index is 0.361. The number of carbonyl (C=O) groups is 1. The topological polar surface area (TPSA) is 34.9 Å². The van der Waals surface area contributed by atoms with Crippen molar-refractivity contribution in [3.05, 3.63) is 29.6 Å². The van der Waals surface area contributed by atoms with Crippen LogP contribution in [0.3, 0.4) is 0 Å². The summed E-state index contributed by atoms with van der Waals surface area (Å²) in [4.78, 5) is 11.0. The van der Waals surface area contributed by atoms with Gasteiger partial charge in [-0.05, 0) is 18.4 Å². The lowest BCUT2D eigenvalue weighted by molar-refractivity contribution is -0.118. The van der Waals surface area contributed by atoms with Gasteiger partial charge in [0.05, 0.1) is 6.20 Å². The summed E-state index contributed by atoms with van der Waals surface area (Å²) in [5, 5.41) is 4.12. The number of nitrogens with zero attached hydrogens (tertiary/aromatic N) is 2. The fourth-order valence-corrected chi connectivity index (χ4v) is 1.75. The molecule has 1 aliphatic rings. The normalized spacial score (nSPS) is 16.9. The van der Waals surface area contributed by atoms with Crippen LogP contribution in [-0.4, -0.2) is 15.6 Å². The van der Waals surface area contributed by atoms with Crippen LogP contribution in [0.15, 0.2) is 24.0 Å². The molecule has 1 heterocycles. The van der Waals surface area contributed by atoms with E-state index in [4.69, 9.17) is 0 Å². The quantitative estimate of drug-likeness (QED) is 0.664. The summed E-state index contributed by atoms with van der Waals surface area (Å²) in [5.41, 5.74) is 2.60. The number of aromatic nitrogens is 2. The molecule has 2 rings (SSSR count). The minimum atomic E-state index is 0.361. The van der Waals surface area contributed by atoms with Gasteiger partial charge < -0.3 is 0 Å². The fraction of sp³-hybridized carbons (Fsp3) is 0.455. The van der Waals surface area contributed by atoms with Crippen LogP contribution in [0.5, 0.6) is 0 Å². The van der Waals surface area contributed by atoms with Gasteiger partial charge in [-0.25, -0.2) is 0 Å². The van der Waals surface area contributed by atoms with Crippen molar-refractivity contribution in [1.29, 1.82) is 0 Å². The van der Waals surface area contributed by atoms with Crippen molar-refractivity contribution in [1.82, 2.24) is 9.78 Å². The molecule has 0 fully saturated rings. The summed E-state index contributed by atoms with van der Waals surface area (Å²) in [7, 11) is 1.92. The zero-order valence-corrected chi connectivity index (χ0v) is 8.36. The van der Waals surface area contributed by atoms with Gasteiger partial charge in [-0.15, -0.1) is 0 Å². The second kappa shape index (κ2) is 3.78. The average molecular weight is 190 g/mol. The first-order valence-corrected chi connectivity index (χ1v) is 4.91. The molecule has 0 amide bonds. The molecule has 14 heavy (non-hydrogen) atoms. The van der Waals surface area contributed by atoms with Crippen LogP contribution < -0.4 is 0 Å². The SMILES string of the molecule is Cn1cc(CC2=CCC(=O)CC2)cn1. The van der Waals surface area contributed by atoms with E-state index in [1.54, 1.807) is 0 Å². The van der Waals surface area contributed by atoms with Crippen LogP contribution in [0, 0.1) is 0 Å². The van der Waals surface area contributed by atoms with Crippen molar-refractivity contribution in [2.45, 2.75) is 25.7 Å². The van der Waals surface area contributed by atoms with Gasteiger partial charge in [-0.1, -0.05) is 11.6 Å². The predicted molar refractivity (Wildman–Crippen MR) is 53.9 cm³/mol. The zero-order chi connectivity index (χ0) is 9.97. The highest BCUT2D eigenvalue weighted by molar-refractivity contribution is 5.81. The third-order valence-corrected chi connectivity index (χ3v) is 2.53. The van der Waals surface area contributed by atoms with E-state index in [1.807, 2.05) is 24.1 Å². The molecule has 3 nitrogen and oxygen atoms in total. The van der Waals surface area contributed by atoms with E-state index < -0.39 is 0 Å². The van der Waals surface area contributed by atoms with Crippen molar-refractivity contribution in [2.75, 3.05) is 0 Å². The fourth-order valence-electron chi connectivity index (χ4n) is 1.75. The lowest BCUT2D eigenvalue weighted by Gasteiger charge is -2.10. The van der Waals surface area contributed by atoms with Gasteiger partial charge in [0.1, 0.15) is 5.78 Å². The number of aryl methyl sites for hydroxylation is 1. The van der Waals surface area contributed by atoms with Crippen molar-refractivity contribution in [3.63, 3.8) is 0 Å². The molecule has 1 aliphatic carbocycles. The Morgan fingerprint density at radius 3 is 2.93 bits per heavy atom. The second-order valence-corrected chi connectivity index (χ2v) is 3.80. The maximum Gasteiger partial charge on any atom is 0.136 e. The third-order valence-electron chi connectivity index (χ3n) is 2.53. The summed E-state index contributed by atoms with van der Waals surface area (Å²) in [6.45, 7) is 0. The molecule has 0 unspecified atom stereocenters. The van der Waals surface area contributed by atoms with E-state index in [9.17, 15) is 4.79 Å². The number of carbonyl (C=O) groups excluding carboxylic acids is 1. The first kappa shape index (κ1) is 9.19. The summed E-state index contributed by atoms with van der Waals surface area (Å²) in [5.74, 6) is 0.361. The van der Waals surface area contributed by atoms with Gasteiger partial charge in [0.2, 0.25) is 0 Å². The first-order chi connectivity index (χ1) is 6.74. The maximum atomic E-state index is 11.0. The number of hydrogen-bond donors (Lipinski definition) is 0. The molecule has 0 N–H and O–H groups in total. The highest BCUT2D eigenvalue weighted by Gasteiger charge is 2.10. The average Bonchev–Trinajstić information content (AvgIpc) is 2.56. The Kier molecular flexibility index (Phi) is 2.48. The van der Waals surface area contributed by atoms with Gasteiger partial charge in [-0.2, -0.15) is 5.10 Å². The monoisotopic (exact) mass is 190 g/mol. The van der Waals surface area contributed by atoms with E-state index >= 15 is 0 Å². The van der Waals surface area contributed by atoms with Crippen molar-refractivity contribution < 1.29 is 4.79 Å². The zero-order valence-electron chi connectivity index (χ0n) is 8.36. The molecule has 0 saturated heterocycles. The van der Waals surface area contributed by atoms with Crippen LogP contribution in [-0.2, 0) is 18.3 Å². The molecule has 1 aromatic heterocycles. The van der Waals surface area contributed by atoms with E-state index in [0.717, 1.165) is 12.8 Å². The Hall–Kier alpha value is -1.38. The number of ketones is 1. The van der Waals surface area contributed by atoms with E-state index in [0.29, 0.717) is 18.6 Å². The summed E-state index contributed by atoms with van der Waals surface area (Å²) >= 11 is 0. The van der Waals surface area contributed by atoms with Gasteiger partial charge in [0.15, 0.2) is 0 Å². The van der Waals surface area contributed by atoms with Gasteiger partial charge >= 0.3 is 0 Å². The largest absolute Gasteiger partial charge is 0.299 e. The molecule has 3 heteroatoms. The molecular formula is C11H14N2O. The molecule has 74 valence electrons. The number of allylic oxidation sites excluding steroid dienone is 2. The molecule has 0 atom stereocenters. The lowest BCUT2D eigenvalue weighted by atomic mass is 9.94. The molecule has 0 bridgehead atoms. The van der Waals surface area contributed by atoms with E-state index in [2.05, 4.69) is 11.2 Å². The lowest BCUT2D eigenvalue weighted by Crippen LogP contribution is -2.04. The highest BCUT2D eigenvalue weighted by Crippen LogP contribution is 2.18.